The molecule has 1 N–H and O–H groups in total. The Labute approximate surface area is 110 Å². The molecule has 0 saturated carbocycles. The van der Waals surface area contributed by atoms with Crippen LogP contribution in [-0.4, -0.2) is 10.1 Å². The van der Waals surface area contributed by atoms with E-state index in [9.17, 15) is 9.50 Å². The molecule has 2 nitrogen and oxygen atoms in total. The average Bonchev–Trinajstić information content (AvgIpc) is 2.42. The van der Waals surface area contributed by atoms with Gasteiger partial charge in [0.1, 0.15) is 17.1 Å². The van der Waals surface area contributed by atoms with E-state index in [2.05, 4.69) is 4.98 Å². The number of phenols is 1. The van der Waals surface area contributed by atoms with Gasteiger partial charge in [0.2, 0.25) is 0 Å². The molecule has 1 aromatic heterocycles. The topological polar surface area (TPSA) is 33.1 Å². The lowest BCUT2D eigenvalue weighted by Gasteiger charge is -2.05. The Hall–Kier alpha value is -2.42. The average molecular weight is 253 g/mol. The number of para-hydroxylation sites is 1. The van der Waals surface area contributed by atoms with Gasteiger partial charge in [-0.3, -0.25) is 0 Å². The Morgan fingerprint density at radius 2 is 1.74 bits per heavy atom. The van der Waals surface area contributed by atoms with Gasteiger partial charge in [0.15, 0.2) is 0 Å². The van der Waals surface area contributed by atoms with Crippen molar-refractivity contribution in [1.82, 2.24) is 4.98 Å². The van der Waals surface area contributed by atoms with Gasteiger partial charge in [-0.05, 0) is 29.8 Å². The monoisotopic (exact) mass is 253 g/mol. The highest BCUT2D eigenvalue weighted by molar-refractivity contribution is 5.84. The number of rotatable bonds is 2. The van der Waals surface area contributed by atoms with Crippen LogP contribution in [0.15, 0.2) is 54.6 Å². The number of aromatic nitrogens is 1. The maximum Gasteiger partial charge on any atom is 0.141 e. The first-order chi connectivity index (χ1) is 9.22. The molecule has 0 radical (unpaired) electrons. The van der Waals surface area contributed by atoms with Crippen LogP contribution in [0.4, 0.5) is 4.39 Å². The van der Waals surface area contributed by atoms with Crippen LogP contribution < -0.4 is 0 Å². The van der Waals surface area contributed by atoms with E-state index in [1.54, 1.807) is 24.3 Å². The van der Waals surface area contributed by atoms with Crippen LogP contribution in [0.1, 0.15) is 11.3 Å². The van der Waals surface area contributed by atoms with Crippen molar-refractivity contribution in [3.63, 3.8) is 0 Å². The molecule has 1 heterocycles. The van der Waals surface area contributed by atoms with E-state index in [0.29, 0.717) is 11.9 Å². The molecule has 3 rings (SSSR count). The van der Waals surface area contributed by atoms with Crippen LogP contribution in [0.2, 0.25) is 0 Å². The van der Waals surface area contributed by atoms with E-state index >= 15 is 0 Å². The second-order valence-electron chi connectivity index (χ2n) is 4.45. The van der Waals surface area contributed by atoms with Crippen molar-refractivity contribution >= 4 is 10.9 Å². The number of hydrogen-bond acceptors (Lipinski definition) is 2. The Kier molecular flexibility index (Phi) is 2.88. The summed E-state index contributed by atoms with van der Waals surface area (Å²) in [4.78, 5) is 4.45. The first-order valence-electron chi connectivity index (χ1n) is 6.04. The lowest BCUT2D eigenvalue weighted by atomic mass is 10.1. The van der Waals surface area contributed by atoms with Gasteiger partial charge >= 0.3 is 0 Å². The standard InChI is InChI=1S/C16H12FNO/c17-13-7-4-11(5-8-13)10-14-9-6-12-2-1-3-15(19)16(12)18-14/h1-9,19H,10H2. The van der Waals surface area contributed by atoms with Gasteiger partial charge < -0.3 is 5.11 Å². The van der Waals surface area contributed by atoms with E-state index in [1.807, 2.05) is 18.2 Å². The summed E-state index contributed by atoms with van der Waals surface area (Å²) < 4.78 is 12.8. The Morgan fingerprint density at radius 1 is 0.947 bits per heavy atom. The SMILES string of the molecule is Oc1cccc2ccc(Cc3ccc(F)cc3)nc12. The largest absolute Gasteiger partial charge is 0.506 e. The molecule has 19 heavy (non-hydrogen) atoms. The third kappa shape index (κ3) is 2.40. The van der Waals surface area contributed by atoms with Gasteiger partial charge in [-0.25, -0.2) is 9.37 Å². The molecule has 3 heteroatoms. The summed E-state index contributed by atoms with van der Waals surface area (Å²) >= 11 is 0. The van der Waals surface area contributed by atoms with Gasteiger partial charge in [-0.1, -0.05) is 30.3 Å². The molecule has 0 amide bonds. The summed E-state index contributed by atoms with van der Waals surface area (Å²) in [7, 11) is 0. The van der Waals surface area contributed by atoms with E-state index in [4.69, 9.17) is 0 Å². The molecule has 3 aromatic rings. The maximum absolute atomic E-state index is 12.8. The molecule has 0 unspecified atom stereocenters. The second-order valence-corrected chi connectivity index (χ2v) is 4.45. The minimum atomic E-state index is -0.243. The smallest absolute Gasteiger partial charge is 0.141 e. The minimum absolute atomic E-state index is 0.179. The van der Waals surface area contributed by atoms with Gasteiger partial charge in [0.25, 0.3) is 0 Å². The molecule has 0 fully saturated rings. The number of pyridine rings is 1. The van der Waals surface area contributed by atoms with Crippen LogP contribution in [-0.2, 0) is 6.42 Å². The lowest BCUT2D eigenvalue weighted by molar-refractivity contribution is 0.480. The van der Waals surface area contributed by atoms with Gasteiger partial charge in [0, 0.05) is 17.5 Å². The molecule has 0 saturated heterocycles. The Morgan fingerprint density at radius 3 is 2.53 bits per heavy atom. The number of aromatic hydroxyl groups is 1. The zero-order valence-electron chi connectivity index (χ0n) is 10.2. The molecule has 94 valence electrons. The fourth-order valence-electron chi connectivity index (χ4n) is 2.08. The quantitative estimate of drug-likeness (QED) is 0.756. The maximum atomic E-state index is 12.8. The molecule has 0 bridgehead atoms. The lowest BCUT2D eigenvalue weighted by Crippen LogP contribution is -1.93. The summed E-state index contributed by atoms with van der Waals surface area (Å²) in [6.07, 6.45) is 0.616. The van der Waals surface area contributed by atoms with Gasteiger partial charge in [-0.2, -0.15) is 0 Å². The highest BCUT2D eigenvalue weighted by Gasteiger charge is 2.03. The summed E-state index contributed by atoms with van der Waals surface area (Å²) in [6.45, 7) is 0. The predicted octanol–water partition coefficient (Wildman–Crippen LogP) is 3.67. The summed E-state index contributed by atoms with van der Waals surface area (Å²) in [6, 6.07) is 15.5. The molecular formula is C16H12FNO. The zero-order chi connectivity index (χ0) is 13.2. The first kappa shape index (κ1) is 11.7. The fraction of sp³-hybridized carbons (Fsp3) is 0.0625. The van der Waals surface area contributed by atoms with Crippen molar-refractivity contribution in [2.75, 3.05) is 0 Å². The highest BCUT2D eigenvalue weighted by atomic mass is 19.1. The molecule has 0 atom stereocenters. The molecule has 0 aliphatic carbocycles. The van der Waals surface area contributed by atoms with Crippen LogP contribution in [0, 0.1) is 5.82 Å². The third-order valence-electron chi connectivity index (χ3n) is 3.06. The van der Waals surface area contributed by atoms with E-state index < -0.39 is 0 Å². The number of benzene rings is 2. The third-order valence-corrected chi connectivity index (χ3v) is 3.06. The van der Waals surface area contributed by atoms with E-state index in [-0.39, 0.29) is 11.6 Å². The van der Waals surface area contributed by atoms with Crippen LogP contribution in [0.3, 0.4) is 0 Å². The summed E-state index contributed by atoms with van der Waals surface area (Å²) in [5.74, 6) is -0.0636. The van der Waals surface area contributed by atoms with Gasteiger partial charge in [0.05, 0.1) is 0 Å². The van der Waals surface area contributed by atoms with Crippen LogP contribution in [0.25, 0.3) is 10.9 Å². The molecular weight excluding hydrogens is 241 g/mol. The number of phenolic OH excluding ortho intramolecular Hbond substituents is 1. The van der Waals surface area contributed by atoms with Crippen molar-refractivity contribution in [3.05, 3.63) is 71.7 Å². The van der Waals surface area contributed by atoms with Gasteiger partial charge in [-0.15, -0.1) is 0 Å². The fourth-order valence-corrected chi connectivity index (χ4v) is 2.08. The Bertz CT molecular complexity index is 722. The normalized spacial score (nSPS) is 10.8. The second kappa shape index (κ2) is 4.69. The number of hydrogen-bond donors (Lipinski definition) is 1. The predicted molar refractivity (Wildman–Crippen MR) is 72.6 cm³/mol. The van der Waals surface area contributed by atoms with Crippen molar-refractivity contribution in [3.8, 4) is 5.75 Å². The summed E-state index contributed by atoms with van der Waals surface area (Å²) in [5.41, 5.74) is 2.44. The minimum Gasteiger partial charge on any atom is -0.506 e. The Balaban J connectivity index is 1.97. The molecule has 2 aromatic carbocycles. The summed E-state index contributed by atoms with van der Waals surface area (Å²) in [5, 5.41) is 10.7. The first-order valence-corrected chi connectivity index (χ1v) is 6.04. The van der Waals surface area contributed by atoms with Crippen molar-refractivity contribution in [1.29, 1.82) is 0 Å². The zero-order valence-corrected chi connectivity index (χ0v) is 10.2. The molecule has 0 aliphatic rings. The van der Waals surface area contributed by atoms with Crippen molar-refractivity contribution in [2.45, 2.75) is 6.42 Å². The van der Waals surface area contributed by atoms with Crippen LogP contribution in [0.5, 0.6) is 5.75 Å². The number of halogens is 1. The van der Waals surface area contributed by atoms with Crippen molar-refractivity contribution < 1.29 is 9.50 Å². The highest BCUT2D eigenvalue weighted by Crippen LogP contribution is 2.23. The van der Waals surface area contributed by atoms with Crippen molar-refractivity contribution in [2.24, 2.45) is 0 Å². The number of fused-ring (bicyclic) bond motifs is 1. The number of nitrogens with zero attached hydrogens (tertiary/aromatic N) is 1. The van der Waals surface area contributed by atoms with E-state index in [1.165, 1.54) is 12.1 Å². The molecule has 0 aliphatic heterocycles. The van der Waals surface area contributed by atoms with Crippen LogP contribution >= 0.6 is 0 Å². The molecule has 0 spiro atoms. The van der Waals surface area contributed by atoms with E-state index in [0.717, 1.165) is 16.6 Å².